The Bertz CT molecular complexity index is 1070. The van der Waals surface area contributed by atoms with E-state index in [1.807, 2.05) is 54.6 Å². The molecule has 0 radical (unpaired) electrons. The van der Waals surface area contributed by atoms with Gasteiger partial charge in [0.05, 0.1) is 5.52 Å². The third kappa shape index (κ3) is 3.46. The summed E-state index contributed by atoms with van der Waals surface area (Å²) in [6, 6.07) is 19.7. The lowest BCUT2D eigenvalue weighted by molar-refractivity contribution is 0.296. The Labute approximate surface area is 156 Å². The Morgan fingerprint density at radius 1 is 1.00 bits per heavy atom. The molecule has 1 fully saturated rings. The summed E-state index contributed by atoms with van der Waals surface area (Å²) in [6.07, 6.45) is 2.47. The zero-order chi connectivity index (χ0) is 18.1. The number of benzene rings is 2. The van der Waals surface area contributed by atoms with Gasteiger partial charge in [-0.3, -0.25) is 5.10 Å². The van der Waals surface area contributed by atoms with Crippen LogP contribution in [0, 0.1) is 0 Å². The van der Waals surface area contributed by atoms with Crippen molar-refractivity contribution < 1.29 is 4.74 Å². The number of ether oxygens (including phenoxy) is 1. The molecular weight excluding hydrogens is 338 g/mol. The lowest BCUT2D eigenvalue weighted by atomic mass is 10.2. The van der Waals surface area contributed by atoms with Gasteiger partial charge in [0.25, 0.3) is 0 Å². The van der Waals surface area contributed by atoms with Gasteiger partial charge in [-0.25, -0.2) is 9.97 Å². The molecule has 0 unspecified atom stereocenters. The summed E-state index contributed by atoms with van der Waals surface area (Å²) in [5, 5.41) is 11.8. The summed E-state index contributed by atoms with van der Waals surface area (Å²) in [7, 11) is 0. The van der Waals surface area contributed by atoms with Gasteiger partial charge in [0.15, 0.2) is 11.6 Å². The minimum atomic E-state index is 0.303. The van der Waals surface area contributed by atoms with E-state index in [1.54, 1.807) is 0 Å². The Morgan fingerprint density at radius 3 is 2.67 bits per heavy atom. The third-order valence-corrected chi connectivity index (χ3v) is 4.62. The lowest BCUT2D eigenvalue weighted by Crippen LogP contribution is -2.05. The molecule has 2 heterocycles. The van der Waals surface area contributed by atoms with E-state index in [-0.39, 0.29) is 0 Å². The SMILES string of the molecule is c1ccc(OCc2nc(Nc3cc(C4CC4)[nH]n3)c3ccccc3n2)cc1. The second kappa shape index (κ2) is 6.72. The van der Waals surface area contributed by atoms with E-state index >= 15 is 0 Å². The molecular formula is C21H19N5O. The standard InChI is InChI=1S/C21H19N5O/c1-2-6-15(7-3-1)27-13-20-22-17-9-5-4-8-16(17)21(24-20)23-19-12-18(25-26-19)14-10-11-14/h1-9,12,14H,10-11,13H2,(H2,22,23,24,25,26). The van der Waals surface area contributed by atoms with Gasteiger partial charge in [0, 0.05) is 23.1 Å². The number of nitrogens with zero attached hydrogens (tertiary/aromatic N) is 3. The largest absolute Gasteiger partial charge is 0.486 e. The molecule has 27 heavy (non-hydrogen) atoms. The maximum atomic E-state index is 5.82. The fourth-order valence-corrected chi connectivity index (χ4v) is 3.07. The quantitative estimate of drug-likeness (QED) is 0.529. The van der Waals surface area contributed by atoms with Crippen LogP contribution in [0.2, 0.25) is 0 Å². The van der Waals surface area contributed by atoms with Crippen LogP contribution in [0.3, 0.4) is 0 Å². The van der Waals surface area contributed by atoms with E-state index in [2.05, 4.69) is 31.5 Å². The van der Waals surface area contributed by atoms with Crippen LogP contribution >= 0.6 is 0 Å². The molecule has 2 aromatic carbocycles. The molecule has 1 saturated carbocycles. The van der Waals surface area contributed by atoms with Gasteiger partial charge in [-0.2, -0.15) is 5.10 Å². The Balaban J connectivity index is 1.44. The van der Waals surface area contributed by atoms with Crippen LogP contribution in [-0.4, -0.2) is 20.2 Å². The maximum Gasteiger partial charge on any atom is 0.168 e. The smallest absolute Gasteiger partial charge is 0.168 e. The minimum Gasteiger partial charge on any atom is -0.486 e. The fraction of sp³-hybridized carbons (Fsp3) is 0.190. The third-order valence-electron chi connectivity index (χ3n) is 4.62. The number of rotatable bonds is 6. The van der Waals surface area contributed by atoms with E-state index < -0.39 is 0 Å². The second-order valence-electron chi connectivity index (χ2n) is 6.72. The van der Waals surface area contributed by atoms with Crippen molar-refractivity contribution in [3.63, 3.8) is 0 Å². The van der Waals surface area contributed by atoms with Crippen LogP contribution in [0.15, 0.2) is 60.7 Å². The predicted molar refractivity (Wildman–Crippen MR) is 104 cm³/mol. The number of hydrogen-bond acceptors (Lipinski definition) is 5. The highest BCUT2D eigenvalue weighted by molar-refractivity contribution is 5.90. The number of hydrogen-bond donors (Lipinski definition) is 2. The molecule has 0 saturated heterocycles. The van der Waals surface area contributed by atoms with Crippen LogP contribution in [0.25, 0.3) is 10.9 Å². The molecule has 1 aliphatic carbocycles. The van der Waals surface area contributed by atoms with E-state index in [1.165, 1.54) is 18.5 Å². The number of nitrogens with one attached hydrogen (secondary N) is 2. The number of aromatic nitrogens is 4. The van der Waals surface area contributed by atoms with Crippen LogP contribution in [0.4, 0.5) is 11.6 Å². The first-order valence-corrected chi connectivity index (χ1v) is 9.11. The van der Waals surface area contributed by atoms with Crippen molar-refractivity contribution in [3.8, 4) is 5.75 Å². The van der Waals surface area contributed by atoms with Gasteiger partial charge in [0.2, 0.25) is 0 Å². The summed E-state index contributed by atoms with van der Waals surface area (Å²) in [4.78, 5) is 9.31. The van der Waals surface area contributed by atoms with Gasteiger partial charge < -0.3 is 10.1 Å². The van der Waals surface area contributed by atoms with Crippen molar-refractivity contribution in [1.82, 2.24) is 20.2 Å². The van der Waals surface area contributed by atoms with Gasteiger partial charge >= 0.3 is 0 Å². The Morgan fingerprint density at radius 2 is 1.81 bits per heavy atom. The highest BCUT2D eigenvalue weighted by atomic mass is 16.5. The van der Waals surface area contributed by atoms with Gasteiger partial charge in [-0.05, 0) is 37.1 Å². The first-order chi connectivity index (χ1) is 13.3. The summed E-state index contributed by atoms with van der Waals surface area (Å²) >= 11 is 0. The summed E-state index contributed by atoms with van der Waals surface area (Å²) in [5.74, 6) is 3.56. The fourth-order valence-electron chi connectivity index (χ4n) is 3.07. The van der Waals surface area contributed by atoms with E-state index in [0.29, 0.717) is 18.3 Å². The van der Waals surface area contributed by atoms with Gasteiger partial charge in [-0.1, -0.05) is 30.3 Å². The summed E-state index contributed by atoms with van der Waals surface area (Å²) in [5.41, 5.74) is 2.06. The average Bonchev–Trinajstić information content (AvgIpc) is 3.46. The highest BCUT2D eigenvalue weighted by Crippen LogP contribution is 2.39. The maximum absolute atomic E-state index is 5.82. The number of para-hydroxylation sites is 2. The molecule has 6 nitrogen and oxygen atoms in total. The molecule has 0 atom stereocenters. The monoisotopic (exact) mass is 357 g/mol. The van der Waals surface area contributed by atoms with Crippen molar-refractivity contribution in [2.45, 2.75) is 25.4 Å². The molecule has 4 aromatic rings. The number of anilines is 2. The molecule has 2 aromatic heterocycles. The molecule has 6 heteroatoms. The van der Waals surface area contributed by atoms with E-state index in [4.69, 9.17) is 4.74 Å². The van der Waals surface area contributed by atoms with E-state index in [0.717, 1.165) is 28.3 Å². The molecule has 134 valence electrons. The zero-order valence-electron chi connectivity index (χ0n) is 14.7. The molecule has 2 N–H and O–H groups in total. The lowest BCUT2D eigenvalue weighted by Gasteiger charge is -2.10. The minimum absolute atomic E-state index is 0.303. The number of fused-ring (bicyclic) bond motifs is 1. The molecule has 1 aliphatic rings. The first kappa shape index (κ1) is 15.8. The van der Waals surface area contributed by atoms with Crippen molar-refractivity contribution in [2.24, 2.45) is 0 Å². The first-order valence-electron chi connectivity index (χ1n) is 9.11. The topological polar surface area (TPSA) is 75.7 Å². The normalized spacial score (nSPS) is 13.6. The molecule has 0 bridgehead atoms. The molecule has 0 amide bonds. The molecule has 0 aliphatic heterocycles. The summed E-state index contributed by atoms with van der Waals surface area (Å²) < 4.78 is 5.82. The zero-order valence-corrected chi connectivity index (χ0v) is 14.7. The Kier molecular flexibility index (Phi) is 3.93. The molecule has 5 rings (SSSR count). The Hall–Kier alpha value is -3.41. The van der Waals surface area contributed by atoms with E-state index in [9.17, 15) is 0 Å². The highest BCUT2D eigenvalue weighted by Gasteiger charge is 2.25. The van der Waals surface area contributed by atoms with Gasteiger partial charge in [-0.15, -0.1) is 0 Å². The van der Waals surface area contributed by atoms with Crippen molar-refractivity contribution >= 4 is 22.5 Å². The molecule has 0 spiro atoms. The number of H-pyrrole nitrogens is 1. The van der Waals surface area contributed by atoms with Gasteiger partial charge in [0.1, 0.15) is 18.2 Å². The second-order valence-corrected chi connectivity index (χ2v) is 6.72. The van der Waals surface area contributed by atoms with Crippen molar-refractivity contribution in [1.29, 1.82) is 0 Å². The summed E-state index contributed by atoms with van der Waals surface area (Å²) in [6.45, 7) is 0.303. The van der Waals surface area contributed by atoms with Crippen LogP contribution < -0.4 is 10.1 Å². The van der Waals surface area contributed by atoms with Crippen molar-refractivity contribution in [3.05, 3.63) is 72.2 Å². The average molecular weight is 357 g/mol. The van der Waals surface area contributed by atoms with Crippen molar-refractivity contribution in [2.75, 3.05) is 5.32 Å². The predicted octanol–water partition coefficient (Wildman–Crippen LogP) is 4.55. The van der Waals surface area contributed by atoms with Crippen LogP contribution in [0.1, 0.15) is 30.3 Å². The van der Waals surface area contributed by atoms with Crippen LogP contribution in [0.5, 0.6) is 5.75 Å². The van der Waals surface area contributed by atoms with Crippen LogP contribution in [-0.2, 0) is 6.61 Å². The number of aromatic amines is 1.